The molecule has 0 radical (unpaired) electrons. The van der Waals surface area contributed by atoms with E-state index in [1.165, 1.54) is 6.20 Å². The Morgan fingerprint density at radius 3 is 2.51 bits per heavy atom. The van der Waals surface area contributed by atoms with Gasteiger partial charge >= 0.3 is 0 Å². The first-order valence-electron chi connectivity index (χ1n) is 11.6. The van der Waals surface area contributed by atoms with Gasteiger partial charge in [0.15, 0.2) is 5.76 Å². The Kier molecular flexibility index (Phi) is 6.34. The summed E-state index contributed by atoms with van der Waals surface area (Å²) in [5.74, 6) is 0.619. The fraction of sp³-hybridized carbons (Fsp3) is 0.107. The molecule has 0 spiro atoms. The summed E-state index contributed by atoms with van der Waals surface area (Å²) in [5, 5.41) is 10.8. The predicted octanol–water partition coefficient (Wildman–Crippen LogP) is 5.08. The lowest BCUT2D eigenvalue weighted by atomic mass is 10.1. The molecule has 0 bridgehead atoms. The number of nitrogen functional groups attached to an aromatic ring is 1. The van der Waals surface area contributed by atoms with Gasteiger partial charge in [0, 0.05) is 16.6 Å². The van der Waals surface area contributed by atoms with Crippen molar-refractivity contribution in [1.29, 1.82) is 0 Å². The van der Waals surface area contributed by atoms with Crippen molar-refractivity contribution in [1.82, 2.24) is 9.78 Å². The fourth-order valence-electron chi connectivity index (χ4n) is 3.99. The quantitative estimate of drug-likeness (QED) is 0.289. The van der Waals surface area contributed by atoms with Gasteiger partial charge in [0.05, 0.1) is 19.9 Å². The van der Waals surface area contributed by atoms with E-state index in [4.69, 9.17) is 14.9 Å². The Balaban J connectivity index is 1.25. The zero-order valence-electron chi connectivity index (χ0n) is 20.3. The average molecular weight is 496 g/mol. The Hall–Kier alpha value is -5.05. The van der Waals surface area contributed by atoms with Crippen molar-refractivity contribution in [3.63, 3.8) is 0 Å². The van der Waals surface area contributed by atoms with Crippen LogP contribution in [0.1, 0.15) is 32.0 Å². The van der Waals surface area contributed by atoms with Gasteiger partial charge in [-0.2, -0.15) is 5.10 Å². The van der Waals surface area contributed by atoms with Crippen LogP contribution in [0.15, 0.2) is 83.4 Å². The van der Waals surface area contributed by atoms with E-state index in [-0.39, 0.29) is 17.6 Å². The number of fused-ring (bicyclic) bond motifs is 1. The van der Waals surface area contributed by atoms with Gasteiger partial charge in [-0.15, -0.1) is 0 Å². The number of aryl methyl sites for hydroxylation is 1. The number of carbonyl (C=O) groups is 2. The molecule has 5 rings (SSSR count). The summed E-state index contributed by atoms with van der Waals surface area (Å²) in [7, 11) is 1.61. The molecule has 37 heavy (non-hydrogen) atoms. The molecule has 0 unspecified atom stereocenters. The zero-order valence-corrected chi connectivity index (χ0v) is 20.3. The molecule has 4 N–H and O–H groups in total. The number of carbonyl (C=O) groups excluding carboxylic acids is 2. The maximum absolute atomic E-state index is 13.0. The molecule has 0 atom stereocenters. The van der Waals surface area contributed by atoms with Crippen molar-refractivity contribution in [3.05, 3.63) is 101 Å². The van der Waals surface area contributed by atoms with E-state index in [0.717, 1.165) is 16.7 Å². The van der Waals surface area contributed by atoms with E-state index >= 15 is 0 Å². The minimum atomic E-state index is -0.371. The third-order valence-corrected chi connectivity index (χ3v) is 6.00. The van der Waals surface area contributed by atoms with Crippen LogP contribution < -0.4 is 21.1 Å². The lowest BCUT2D eigenvalue weighted by Crippen LogP contribution is -2.16. The summed E-state index contributed by atoms with van der Waals surface area (Å²) in [6, 6.07) is 21.7. The molecule has 5 aromatic rings. The largest absolute Gasteiger partial charge is 0.497 e. The van der Waals surface area contributed by atoms with E-state index in [2.05, 4.69) is 15.7 Å². The molecule has 2 heterocycles. The van der Waals surface area contributed by atoms with E-state index < -0.39 is 0 Å². The van der Waals surface area contributed by atoms with Gasteiger partial charge in [-0.05, 0) is 60.5 Å². The summed E-state index contributed by atoms with van der Waals surface area (Å²) in [6.45, 7) is 2.24. The maximum atomic E-state index is 13.0. The summed E-state index contributed by atoms with van der Waals surface area (Å²) >= 11 is 0. The molecule has 2 aromatic heterocycles. The average Bonchev–Trinajstić information content (AvgIpc) is 3.48. The Labute approximate surface area is 212 Å². The van der Waals surface area contributed by atoms with Crippen LogP contribution in [0.4, 0.5) is 17.2 Å². The molecule has 0 aliphatic rings. The molecule has 186 valence electrons. The third kappa shape index (κ3) is 5.01. The number of benzene rings is 3. The van der Waals surface area contributed by atoms with Gasteiger partial charge in [0.1, 0.15) is 22.8 Å². The van der Waals surface area contributed by atoms with Crippen molar-refractivity contribution >= 4 is 40.0 Å². The lowest BCUT2D eigenvalue weighted by molar-refractivity contribution is 0.0997. The SMILES string of the molecule is COc1ccc(Cn2ncc(NC(=O)c3ccc(NC(=O)c4cc5ccccc5o4)cc3C)c2N)cc1. The molecule has 9 nitrogen and oxygen atoms in total. The smallest absolute Gasteiger partial charge is 0.291 e. The number of nitrogens with zero attached hydrogens (tertiary/aromatic N) is 2. The summed E-state index contributed by atoms with van der Waals surface area (Å²) in [4.78, 5) is 25.6. The van der Waals surface area contributed by atoms with Crippen molar-refractivity contribution in [2.24, 2.45) is 0 Å². The molecule has 9 heteroatoms. The fourth-order valence-corrected chi connectivity index (χ4v) is 3.99. The standard InChI is InChI=1S/C28H25N5O4/c1-17-13-20(31-28(35)25-14-19-5-3-4-6-24(19)37-25)9-12-22(17)27(34)32-23-15-30-33(26(23)29)16-18-7-10-21(36-2)11-8-18/h3-15H,16,29H2,1-2H3,(H,31,35)(H,32,34). The van der Waals surface area contributed by atoms with Crippen LogP contribution in [-0.2, 0) is 6.54 Å². The second kappa shape index (κ2) is 9.90. The number of furan rings is 1. The van der Waals surface area contributed by atoms with Crippen molar-refractivity contribution < 1.29 is 18.7 Å². The number of aromatic nitrogens is 2. The van der Waals surface area contributed by atoms with Crippen LogP contribution in [0.5, 0.6) is 5.75 Å². The molecule has 3 aromatic carbocycles. The van der Waals surface area contributed by atoms with Crippen molar-refractivity contribution in [3.8, 4) is 5.75 Å². The second-order valence-electron chi connectivity index (χ2n) is 8.54. The number of nitrogens with one attached hydrogen (secondary N) is 2. The lowest BCUT2D eigenvalue weighted by Gasteiger charge is -2.10. The summed E-state index contributed by atoms with van der Waals surface area (Å²) in [6.07, 6.45) is 1.52. The second-order valence-corrected chi connectivity index (χ2v) is 8.54. The highest BCUT2D eigenvalue weighted by Gasteiger charge is 2.16. The number of amides is 2. The summed E-state index contributed by atoms with van der Waals surface area (Å²) in [5.41, 5.74) is 9.97. The van der Waals surface area contributed by atoms with E-state index in [0.29, 0.717) is 40.4 Å². The zero-order chi connectivity index (χ0) is 25.9. The first-order valence-corrected chi connectivity index (χ1v) is 11.6. The molecule has 0 aliphatic heterocycles. The Morgan fingerprint density at radius 1 is 1.00 bits per heavy atom. The molecule has 0 fully saturated rings. The normalized spacial score (nSPS) is 10.9. The van der Waals surface area contributed by atoms with Gasteiger partial charge in [0.2, 0.25) is 0 Å². The predicted molar refractivity (Wildman–Crippen MR) is 142 cm³/mol. The highest BCUT2D eigenvalue weighted by atomic mass is 16.5. The number of anilines is 3. The maximum Gasteiger partial charge on any atom is 0.291 e. The first kappa shape index (κ1) is 23.7. The molecular weight excluding hydrogens is 470 g/mol. The highest BCUT2D eigenvalue weighted by molar-refractivity contribution is 6.08. The van der Waals surface area contributed by atoms with Gasteiger partial charge in [0.25, 0.3) is 11.8 Å². The topological polar surface area (TPSA) is 124 Å². The minimum Gasteiger partial charge on any atom is -0.497 e. The number of ether oxygens (including phenoxy) is 1. The van der Waals surface area contributed by atoms with Crippen LogP contribution in [0.2, 0.25) is 0 Å². The molecular formula is C28H25N5O4. The monoisotopic (exact) mass is 495 g/mol. The number of hydrogen-bond acceptors (Lipinski definition) is 6. The highest BCUT2D eigenvalue weighted by Crippen LogP contribution is 2.24. The van der Waals surface area contributed by atoms with Crippen LogP contribution in [0.3, 0.4) is 0 Å². The van der Waals surface area contributed by atoms with Gasteiger partial charge in [-0.3, -0.25) is 9.59 Å². The minimum absolute atomic E-state index is 0.211. The van der Waals surface area contributed by atoms with E-state index in [1.807, 2.05) is 42.5 Å². The van der Waals surface area contributed by atoms with E-state index in [9.17, 15) is 9.59 Å². The van der Waals surface area contributed by atoms with Crippen molar-refractivity contribution in [2.45, 2.75) is 13.5 Å². The van der Waals surface area contributed by atoms with Gasteiger partial charge < -0.3 is 25.5 Å². The number of methoxy groups -OCH3 is 1. The number of hydrogen-bond donors (Lipinski definition) is 3. The molecule has 0 saturated heterocycles. The molecule has 0 saturated carbocycles. The Morgan fingerprint density at radius 2 is 1.78 bits per heavy atom. The summed E-state index contributed by atoms with van der Waals surface area (Å²) < 4.78 is 12.4. The van der Waals surface area contributed by atoms with E-state index in [1.54, 1.807) is 49.0 Å². The Bertz CT molecular complexity index is 1570. The van der Waals surface area contributed by atoms with Crippen LogP contribution in [0.25, 0.3) is 11.0 Å². The first-order chi connectivity index (χ1) is 17.9. The van der Waals surface area contributed by atoms with Crippen LogP contribution in [-0.4, -0.2) is 28.7 Å². The number of rotatable bonds is 7. The van der Waals surface area contributed by atoms with Gasteiger partial charge in [-0.25, -0.2) is 4.68 Å². The van der Waals surface area contributed by atoms with Gasteiger partial charge in [-0.1, -0.05) is 30.3 Å². The third-order valence-electron chi connectivity index (χ3n) is 6.00. The van der Waals surface area contributed by atoms with Crippen LogP contribution in [0, 0.1) is 6.92 Å². The molecule has 2 amide bonds. The van der Waals surface area contributed by atoms with Crippen LogP contribution >= 0.6 is 0 Å². The number of nitrogens with two attached hydrogens (primary N) is 1. The molecule has 0 aliphatic carbocycles. The van der Waals surface area contributed by atoms with Crippen molar-refractivity contribution in [2.75, 3.05) is 23.5 Å². The number of para-hydroxylation sites is 1.